The highest BCUT2D eigenvalue weighted by molar-refractivity contribution is 6.30. The molecule has 160 valence electrons. The number of benzene rings is 2. The van der Waals surface area contributed by atoms with Crippen LogP contribution in [0.2, 0.25) is 5.02 Å². The van der Waals surface area contributed by atoms with Crippen molar-refractivity contribution in [1.29, 1.82) is 0 Å². The van der Waals surface area contributed by atoms with Crippen LogP contribution in [-0.2, 0) is 0 Å². The number of aliphatic hydroxyl groups is 1. The van der Waals surface area contributed by atoms with Gasteiger partial charge in [-0.15, -0.1) is 0 Å². The van der Waals surface area contributed by atoms with Gasteiger partial charge in [-0.1, -0.05) is 11.6 Å². The lowest BCUT2D eigenvalue weighted by atomic mass is 9.78. The van der Waals surface area contributed by atoms with E-state index in [-0.39, 0.29) is 34.4 Å². The zero-order valence-corrected chi connectivity index (χ0v) is 17.7. The summed E-state index contributed by atoms with van der Waals surface area (Å²) in [6.45, 7) is 2.98. The molecule has 1 saturated heterocycles. The number of fused-ring (bicyclic) bond motifs is 1. The minimum absolute atomic E-state index is 0.0280. The number of rotatable bonds is 4. The summed E-state index contributed by atoms with van der Waals surface area (Å²) in [5.41, 5.74) is 0.963. The molecule has 4 rings (SSSR count). The van der Waals surface area contributed by atoms with Gasteiger partial charge in [0.1, 0.15) is 23.4 Å². The molecule has 0 radical (unpaired) electrons. The molecule has 5 nitrogen and oxygen atoms in total. The smallest absolute Gasteiger partial charge is 0.256 e. The number of likely N-dealkylation sites (tertiary alicyclic amines) is 1. The summed E-state index contributed by atoms with van der Waals surface area (Å²) in [4.78, 5) is 14.5. The topological polar surface area (TPSA) is 59.0 Å². The molecule has 1 saturated carbocycles. The van der Waals surface area contributed by atoms with Gasteiger partial charge in [-0.2, -0.15) is 0 Å². The maximum atomic E-state index is 14.2. The molecule has 1 heterocycles. The minimum Gasteiger partial charge on any atom is -0.497 e. The zero-order chi connectivity index (χ0) is 21.4. The second-order valence-corrected chi connectivity index (χ2v) is 8.62. The van der Waals surface area contributed by atoms with Crippen LogP contribution in [0.4, 0.5) is 4.39 Å². The van der Waals surface area contributed by atoms with E-state index < -0.39 is 11.9 Å². The summed E-state index contributed by atoms with van der Waals surface area (Å²) in [7, 11) is 1.61. The standard InChI is InChI=1S/C23H25ClFNO4/c1-13-7-17(29-2)4-6-21(13)30-22-9-15-12-26(11-14(15)8-20(22)27)23(28)18-5-3-16(24)10-19(18)25/h3-7,10,14-15,20,22,27H,8-9,11-12H2,1-2H3/t14-,15+,20+,22+/m0/s1. The molecule has 0 aromatic heterocycles. The van der Waals surface area contributed by atoms with Crippen molar-refractivity contribution in [3.63, 3.8) is 0 Å². The van der Waals surface area contributed by atoms with E-state index in [0.29, 0.717) is 31.7 Å². The van der Waals surface area contributed by atoms with Crippen molar-refractivity contribution >= 4 is 17.5 Å². The molecule has 2 aromatic carbocycles. The van der Waals surface area contributed by atoms with Crippen molar-refractivity contribution in [2.75, 3.05) is 20.2 Å². The molecular weight excluding hydrogens is 409 g/mol. The monoisotopic (exact) mass is 433 g/mol. The van der Waals surface area contributed by atoms with Gasteiger partial charge < -0.3 is 19.5 Å². The number of carbonyl (C=O) groups excluding carboxylic acids is 1. The lowest BCUT2D eigenvalue weighted by molar-refractivity contribution is -0.0234. The van der Waals surface area contributed by atoms with E-state index in [9.17, 15) is 14.3 Å². The highest BCUT2D eigenvalue weighted by Crippen LogP contribution is 2.39. The number of amides is 1. The van der Waals surface area contributed by atoms with E-state index in [1.54, 1.807) is 12.0 Å². The lowest BCUT2D eigenvalue weighted by Crippen LogP contribution is -2.42. The Labute approximate surface area is 180 Å². The van der Waals surface area contributed by atoms with E-state index in [1.807, 2.05) is 25.1 Å². The second kappa shape index (κ2) is 8.44. The molecule has 2 aliphatic rings. The zero-order valence-electron chi connectivity index (χ0n) is 17.0. The number of carbonyl (C=O) groups is 1. The van der Waals surface area contributed by atoms with E-state index in [1.165, 1.54) is 12.1 Å². The van der Waals surface area contributed by atoms with Gasteiger partial charge in [0.05, 0.1) is 18.8 Å². The number of ether oxygens (including phenoxy) is 2. The first-order valence-corrected chi connectivity index (χ1v) is 10.5. The lowest BCUT2D eigenvalue weighted by Gasteiger charge is -2.35. The van der Waals surface area contributed by atoms with Crippen LogP contribution in [0.15, 0.2) is 36.4 Å². The molecule has 1 N–H and O–H groups in total. The Kier molecular flexibility index (Phi) is 5.89. The molecule has 0 spiro atoms. The Balaban J connectivity index is 1.44. The fourth-order valence-corrected chi connectivity index (χ4v) is 4.72. The van der Waals surface area contributed by atoms with Crippen molar-refractivity contribution in [1.82, 2.24) is 4.90 Å². The van der Waals surface area contributed by atoms with Gasteiger partial charge in [0.2, 0.25) is 0 Å². The summed E-state index contributed by atoms with van der Waals surface area (Å²) in [5.74, 6) is 0.901. The Morgan fingerprint density at radius 3 is 2.57 bits per heavy atom. The predicted molar refractivity (Wildman–Crippen MR) is 112 cm³/mol. The summed E-state index contributed by atoms with van der Waals surface area (Å²) >= 11 is 5.79. The molecule has 4 atom stereocenters. The van der Waals surface area contributed by atoms with Crippen LogP contribution in [0.3, 0.4) is 0 Å². The summed E-state index contributed by atoms with van der Waals surface area (Å²) in [5, 5.41) is 10.9. The third kappa shape index (κ3) is 4.12. The van der Waals surface area contributed by atoms with Crippen LogP contribution in [0.25, 0.3) is 0 Å². The number of methoxy groups -OCH3 is 1. The minimum atomic E-state index is -0.616. The third-order valence-corrected chi connectivity index (χ3v) is 6.43. The third-order valence-electron chi connectivity index (χ3n) is 6.19. The first-order valence-electron chi connectivity index (χ1n) is 10.1. The van der Waals surface area contributed by atoms with Crippen LogP contribution in [0, 0.1) is 24.6 Å². The molecule has 1 amide bonds. The number of hydrogen-bond donors (Lipinski definition) is 1. The Bertz CT molecular complexity index is 953. The summed E-state index contributed by atoms with van der Waals surface area (Å²) in [6, 6.07) is 9.67. The van der Waals surface area contributed by atoms with E-state index in [0.717, 1.165) is 17.4 Å². The van der Waals surface area contributed by atoms with Crippen molar-refractivity contribution in [2.45, 2.75) is 32.0 Å². The van der Waals surface area contributed by atoms with Crippen LogP contribution in [0.5, 0.6) is 11.5 Å². The van der Waals surface area contributed by atoms with Gasteiger partial charge >= 0.3 is 0 Å². The van der Waals surface area contributed by atoms with Crippen molar-refractivity contribution in [3.8, 4) is 11.5 Å². The van der Waals surface area contributed by atoms with E-state index in [2.05, 4.69) is 0 Å². The molecule has 30 heavy (non-hydrogen) atoms. The average molecular weight is 434 g/mol. The quantitative estimate of drug-likeness (QED) is 0.789. The van der Waals surface area contributed by atoms with Crippen molar-refractivity contribution in [3.05, 3.63) is 58.4 Å². The average Bonchev–Trinajstić information content (AvgIpc) is 3.12. The highest BCUT2D eigenvalue weighted by Gasteiger charge is 2.44. The van der Waals surface area contributed by atoms with Crippen LogP contribution in [0.1, 0.15) is 28.8 Å². The maximum absolute atomic E-state index is 14.2. The first kappa shape index (κ1) is 20.9. The number of aryl methyl sites for hydroxylation is 1. The van der Waals surface area contributed by atoms with Gasteiger partial charge in [-0.25, -0.2) is 4.39 Å². The normalized spacial score (nSPS) is 25.7. The van der Waals surface area contributed by atoms with Crippen molar-refractivity contribution in [2.24, 2.45) is 11.8 Å². The molecule has 7 heteroatoms. The van der Waals surface area contributed by atoms with Gasteiger partial charge in [0, 0.05) is 18.1 Å². The molecule has 2 aromatic rings. The van der Waals surface area contributed by atoms with Gasteiger partial charge in [-0.05, 0) is 73.6 Å². The van der Waals surface area contributed by atoms with Gasteiger partial charge in [0.25, 0.3) is 5.91 Å². The molecule has 1 aliphatic heterocycles. The number of nitrogens with zero attached hydrogens (tertiary/aromatic N) is 1. The SMILES string of the molecule is COc1ccc(O[C@@H]2C[C@@H]3CN(C(=O)c4ccc(Cl)cc4F)C[C@@H]3C[C@H]2O)c(C)c1. The van der Waals surface area contributed by atoms with E-state index >= 15 is 0 Å². The molecule has 0 bridgehead atoms. The first-order chi connectivity index (χ1) is 14.4. The second-order valence-electron chi connectivity index (χ2n) is 8.18. The number of halogens is 2. The van der Waals surface area contributed by atoms with Gasteiger partial charge in [-0.3, -0.25) is 4.79 Å². The van der Waals surface area contributed by atoms with Gasteiger partial charge in [0.15, 0.2) is 0 Å². The molecule has 1 aliphatic carbocycles. The molecule has 2 fully saturated rings. The fourth-order valence-electron chi connectivity index (χ4n) is 4.56. The van der Waals surface area contributed by atoms with Crippen LogP contribution in [-0.4, -0.2) is 48.3 Å². The number of aliphatic hydroxyl groups excluding tert-OH is 1. The fraction of sp³-hybridized carbons (Fsp3) is 0.435. The molecule has 0 unspecified atom stereocenters. The maximum Gasteiger partial charge on any atom is 0.256 e. The van der Waals surface area contributed by atoms with E-state index in [4.69, 9.17) is 21.1 Å². The largest absolute Gasteiger partial charge is 0.497 e. The molecular formula is C23H25ClFNO4. The Morgan fingerprint density at radius 1 is 1.17 bits per heavy atom. The van der Waals surface area contributed by atoms with Crippen LogP contribution < -0.4 is 9.47 Å². The number of hydrogen-bond acceptors (Lipinski definition) is 4. The Hall–Kier alpha value is -2.31. The predicted octanol–water partition coefficient (Wildman–Crippen LogP) is 4.09. The summed E-state index contributed by atoms with van der Waals surface area (Å²) in [6.07, 6.45) is 0.234. The van der Waals surface area contributed by atoms with Crippen molar-refractivity contribution < 1.29 is 23.8 Å². The van der Waals surface area contributed by atoms with Crippen LogP contribution >= 0.6 is 11.6 Å². The highest BCUT2D eigenvalue weighted by atomic mass is 35.5. The Morgan fingerprint density at radius 2 is 1.90 bits per heavy atom. The summed E-state index contributed by atoms with van der Waals surface area (Å²) < 4.78 is 25.5.